The first-order valence-corrected chi connectivity index (χ1v) is 8.96. The Morgan fingerprint density at radius 1 is 1.26 bits per heavy atom. The van der Waals surface area contributed by atoms with E-state index < -0.39 is 14.3 Å². The molecule has 1 fully saturated rings. The van der Waals surface area contributed by atoms with Crippen LogP contribution in [0.5, 0.6) is 0 Å². The molecule has 0 spiro atoms. The number of ether oxygens (including phenoxy) is 1. The number of rotatable bonds is 3. The van der Waals surface area contributed by atoms with Gasteiger partial charge in [0.15, 0.2) is 0 Å². The van der Waals surface area contributed by atoms with E-state index >= 15 is 0 Å². The monoisotopic (exact) mass is 342 g/mol. The van der Waals surface area contributed by atoms with Crippen LogP contribution < -0.4 is 0 Å². The van der Waals surface area contributed by atoms with Crippen LogP contribution in [0.3, 0.4) is 0 Å². The molecule has 0 aliphatic carbocycles. The Bertz CT molecular complexity index is 559. The second kappa shape index (κ2) is 6.19. The zero-order valence-corrected chi connectivity index (χ0v) is 13.1. The van der Waals surface area contributed by atoms with Gasteiger partial charge in [0, 0.05) is 23.2 Å². The van der Waals surface area contributed by atoms with Crippen molar-refractivity contribution in [3.63, 3.8) is 0 Å². The molecule has 1 aliphatic rings. The van der Waals surface area contributed by atoms with Gasteiger partial charge in [0.05, 0.1) is 21.9 Å². The lowest BCUT2D eigenvalue weighted by atomic mass is 9.94. The number of halogens is 3. The zero-order chi connectivity index (χ0) is 14.0. The van der Waals surface area contributed by atoms with Crippen LogP contribution in [0.1, 0.15) is 12.0 Å². The molecule has 1 heterocycles. The van der Waals surface area contributed by atoms with Crippen LogP contribution in [0.4, 0.5) is 0 Å². The van der Waals surface area contributed by atoms with Crippen molar-refractivity contribution in [2.75, 3.05) is 13.2 Å². The van der Waals surface area contributed by atoms with Gasteiger partial charge in [0.2, 0.25) is 9.05 Å². The van der Waals surface area contributed by atoms with Crippen molar-refractivity contribution in [1.29, 1.82) is 0 Å². The van der Waals surface area contributed by atoms with Crippen LogP contribution in [0.25, 0.3) is 0 Å². The minimum Gasteiger partial charge on any atom is -0.381 e. The van der Waals surface area contributed by atoms with Crippen LogP contribution in [-0.2, 0) is 20.2 Å². The summed E-state index contributed by atoms with van der Waals surface area (Å²) >= 11 is 11.8. The van der Waals surface area contributed by atoms with Gasteiger partial charge < -0.3 is 4.74 Å². The van der Waals surface area contributed by atoms with Crippen LogP contribution in [0.2, 0.25) is 10.0 Å². The van der Waals surface area contributed by atoms with Crippen LogP contribution in [-0.4, -0.2) is 26.9 Å². The lowest BCUT2D eigenvalue weighted by Crippen LogP contribution is -2.37. The molecule has 7 heteroatoms. The van der Waals surface area contributed by atoms with Crippen LogP contribution in [0, 0.1) is 5.92 Å². The average molecular weight is 344 g/mol. The Kier molecular flexibility index (Phi) is 5.01. The highest BCUT2D eigenvalue weighted by Gasteiger charge is 2.35. The summed E-state index contributed by atoms with van der Waals surface area (Å²) in [6.45, 7) is 0.811. The standard InChI is InChI=1S/C12H13Cl3O3S/c13-10-2-1-8(6-11(10)14)5-9-7-18-4-3-12(9)19(15,16)17/h1-2,6,9,12H,3-5,7H2/t9-,12-/m0/s1. The highest BCUT2D eigenvalue weighted by Crippen LogP contribution is 2.29. The summed E-state index contributed by atoms with van der Waals surface area (Å²) in [6, 6.07) is 5.28. The zero-order valence-electron chi connectivity index (χ0n) is 9.98. The lowest BCUT2D eigenvalue weighted by molar-refractivity contribution is 0.0577. The van der Waals surface area contributed by atoms with Crippen molar-refractivity contribution in [1.82, 2.24) is 0 Å². The first-order valence-electron chi connectivity index (χ1n) is 5.83. The molecule has 0 amide bonds. The summed E-state index contributed by atoms with van der Waals surface area (Å²) in [7, 11) is 1.92. The second-order valence-corrected chi connectivity index (χ2v) is 8.25. The Labute approximate surface area is 127 Å². The van der Waals surface area contributed by atoms with E-state index in [1.165, 1.54) is 0 Å². The van der Waals surface area contributed by atoms with Crippen LogP contribution in [0.15, 0.2) is 18.2 Å². The molecule has 3 nitrogen and oxygen atoms in total. The topological polar surface area (TPSA) is 43.4 Å². The molecule has 0 N–H and O–H groups in total. The maximum absolute atomic E-state index is 11.6. The first-order chi connectivity index (χ1) is 8.88. The average Bonchev–Trinajstić information content (AvgIpc) is 2.33. The number of hydrogen-bond acceptors (Lipinski definition) is 3. The molecule has 0 unspecified atom stereocenters. The van der Waals surface area contributed by atoms with Gasteiger partial charge in [-0.3, -0.25) is 0 Å². The van der Waals surface area contributed by atoms with E-state index in [0.717, 1.165) is 5.56 Å². The molecule has 0 radical (unpaired) electrons. The Balaban J connectivity index is 2.17. The third-order valence-electron chi connectivity index (χ3n) is 3.25. The molecule has 1 aromatic carbocycles. The maximum Gasteiger partial charge on any atom is 0.235 e. The van der Waals surface area contributed by atoms with Gasteiger partial charge in [-0.05, 0) is 30.5 Å². The quantitative estimate of drug-likeness (QED) is 0.789. The second-order valence-electron chi connectivity index (χ2n) is 4.59. The Morgan fingerprint density at radius 2 is 2.00 bits per heavy atom. The lowest BCUT2D eigenvalue weighted by Gasteiger charge is -2.29. The summed E-state index contributed by atoms with van der Waals surface area (Å²) < 4.78 is 28.5. The highest BCUT2D eigenvalue weighted by atomic mass is 35.7. The van der Waals surface area contributed by atoms with E-state index in [1.54, 1.807) is 12.1 Å². The molecule has 0 aromatic heterocycles. The summed E-state index contributed by atoms with van der Waals surface area (Å²) in [6.07, 6.45) is 0.978. The molecule has 2 rings (SSSR count). The fourth-order valence-electron chi connectivity index (χ4n) is 2.31. The summed E-state index contributed by atoms with van der Waals surface area (Å²) in [5, 5.41) is 0.366. The molecule has 1 aromatic rings. The van der Waals surface area contributed by atoms with Gasteiger partial charge in [0.1, 0.15) is 0 Å². The fourth-order valence-corrected chi connectivity index (χ4v) is 4.34. The molecule has 0 saturated carbocycles. The van der Waals surface area contributed by atoms with Crippen molar-refractivity contribution in [3.8, 4) is 0 Å². The Morgan fingerprint density at radius 3 is 2.63 bits per heavy atom. The SMILES string of the molecule is O=S(=O)(Cl)[C@H]1CCOC[C@@H]1Cc1ccc(Cl)c(Cl)c1. The molecule has 0 bridgehead atoms. The normalized spacial score (nSPS) is 24.4. The van der Waals surface area contributed by atoms with E-state index in [-0.39, 0.29) is 5.92 Å². The number of hydrogen-bond donors (Lipinski definition) is 0. The molecule has 19 heavy (non-hydrogen) atoms. The molecule has 1 aliphatic heterocycles. The van der Waals surface area contributed by atoms with E-state index in [0.29, 0.717) is 36.1 Å². The molecular weight excluding hydrogens is 331 g/mol. The predicted octanol–water partition coefficient (Wildman–Crippen LogP) is 3.51. The van der Waals surface area contributed by atoms with E-state index in [2.05, 4.69) is 0 Å². The van der Waals surface area contributed by atoms with Gasteiger partial charge >= 0.3 is 0 Å². The van der Waals surface area contributed by atoms with Gasteiger partial charge in [-0.1, -0.05) is 29.3 Å². The summed E-state index contributed by atoms with van der Waals surface area (Å²) in [5.74, 6) is -0.159. The minimum atomic E-state index is -3.58. The van der Waals surface area contributed by atoms with E-state index in [1.807, 2.05) is 6.07 Å². The van der Waals surface area contributed by atoms with E-state index in [4.69, 9.17) is 38.6 Å². The summed E-state index contributed by atoms with van der Waals surface area (Å²) in [4.78, 5) is 0. The van der Waals surface area contributed by atoms with E-state index in [9.17, 15) is 8.42 Å². The van der Waals surface area contributed by atoms with Crippen molar-refractivity contribution in [2.24, 2.45) is 5.92 Å². The molecule has 2 atom stereocenters. The maximum atomic E-state index is 11.6. The third kappa shape index (κ3) is 3.99. The van der Waals surface area contributed by atoms with Crippen molar-refractivity contribution in [2.45, 2.75) is 18.1 Å². The molecular formula is C12H13Cl3O3S. The largest absolute Gasteiger partial charge is 0.381 e. The summed E-state index contributed by atoms with van der Waals surface area (Å²) in [5.41, 5.74) is 0.926. The first kappa shape index (κ1) is 15.4. The minimum absolute atomic E-state index is 0.159. The number of benzene rings is 1. The smallest absolute Gasteiger partial charge is 0.235 e. The highest BCUT2D eigenvalue weighted by molar-refractivity contribution is 8.14. The van der Waals surface area contributed by atoms with Crippen molar-refractivity contribution in [3.05, 3.63) is 33.8 Å². The van der Waals surface area contributed by atoms with Crippen molar-refractivity contribution >= 4 is 42.9 Å². The third-order valence-corrected chi connectivity index (χ3v) is 6.02. The van der Waals surface area contributed by atoms with Crippen molar-refractivity contribution < 1.29 is 13.2 Å². The predicted molar refractivity (Wildman–Crippen MR) is 77.7 cm³/mol. The van der Waals surface area contributed by atoms with Gasteiger partial charge in [-0.15, -0.1) is 0 Å². The Hall–Kier alpha value is -0.000000000000000111. The fraction of sp³-hybridized carbons (Fsp3) is 0.500. The van der Waals surface area contributed by atoms with Gasteiger partial charge in [-0.25, -0.2) is 8.42 Å². The van der Waals surface area contributed by atoms with Gasteiger partial charge in [0.25, 0.3) is 0 Å². The van der Waals surface area contributed by atoms with Crippen LogP contribution >= 0.6 is 33.9 Å². The van der Waals surface area contributed by atoms with Gasteiger partial charge in [-0.2, -0.15) is 0 Å². The molecule has 106 valence electrons. The molecule has 1 saturated heterocycles.